The minimum atomic E-state index is -0.329. The number of para-hydroxylation sites is 1. The molecule has 0 atom stereocenters. The van der Waals surface area contributed by atoms with Gasteiger partial charge in [-0.15, -0.1) is 0 Å². The van der Waals surface area contributed by atoms with E-state index in [0.717, 1.165) is 5.76 Å². The van der Waals surface area contributed by atoms with Crippen LogP contribution in [0, 0.1) is 24.1 Å². The van der Waals surface area contributed by atoms with E-state index in [1.54, 1.807) is 42.2 Å². The van der Waals surface area contributed by atoms with E-state index in [-0.39, 0.29) is 17.3 Å². The van der Waals surface area contributed by atoms with Gasteiger partial charge in [0.25, 0.3) is 5.91 Å². The molecule has 0 radical (unpaired) electrons. The molecule has 1 aliphatic heterocycles. The zero-order valence-corrected chi connectivity index (χ0v) is 13.9. The molecule has 3 rings (SSSR count). The molecule has 0 saturated carbocycles. The Morgan fingerprint density at radius 1 is 1.20 bits per heavy atom. The van der Waals surface area contributed by atoms with Crippen LogP contribution in [0.25, 0.3) is 6.08 Å². The first-order valence-corrected chi connectivity index (χ1v) is 8.05. The number of halogens is 1. The first kappa shape index (κ1) is 16.8. The molecule has 0 unspecified atom stereocenters. The number of rotatable bonds is 3. The molecule has 6 heteroatoms. The molecular weight excluding hydrogens is 321 g/mol. The Balaban J connectivity index is 1.68. The van der Waals surface area contributed by atoms with Gasteiger partial charge in [-0.05, 0) is 31.2 Å². The molecule has 1 aromatic heterocycles. The summed E-state index contributed by atoms with van der Waals surface area (Å²) in [5.41, 5.74) is 0.574. The van der Waals surface area contributed by atoms with Crippen LogP contribution in [0.5, 0.6) is 0 Å². The lowest BCUT2D eigenvalue weighted by Gasteiger charge is -2.36. The largest absolute Gasteiger partial charge is 0.462 e. The van der Waals surface area contributed by atoms with Crippen molar-refractivity contribution in [2.75, 3.05) is 31.1 Å². The maximum Gasteiger partial charge on any atom is 0.264 e. The summed E-state index contributed by atoms with van der Waals surface area (Å²) in [6.07, 6.45) is 1.46. The molecule has 0 bridgehead atoms. The average molecular weight is 339 g/mol. The van der Waals surface area contributed by atoms with Crippen molar-refractivity contribution < 1.29 is 13.6 Å². The van der Waals surface area contributed by atoms with Gasteiger partial charge in [-0.25, -0.2) is 4.39 Å². The molecule has 128 valence electrons. The van der Waals surface area contributed by atoms with Crippen LogP contribution in [0.1, 0.15) is 11.5 Å². The summed E-state index contributed by atoms with van der Waals surface area (Å²) in [4.78, 5) is 16.1. The third-order valence-electron chi connectivity index (χ3n) is 4.16. The van der Waals surface area contributed by atoms with Crippen molar-refractivity contribution in [3.63, 3.8) is 0 Å². The minimum absolute atomic E-state index is 0.0358. The van der Waals surface area contributed by atoms with E-state index in [2.05, 4.69) is 0 Å². The molecule has 0 N–H and O–H groups in total. The van der Waals surface area contributed by atoms with Crippen LogP contribution >= 0.6 is 0 Å². The van der Waals surface area contributed by atoms with E-state index in [9.17, 15) is 14.4 Å². The standard InChI is InChI=1S/C19H18FN3O2/c1-14-6-7-16(25-14)12-15(13-21)19(24)23-10-8-22(9-11-23)18-5-3-2-4-17(18)20/h2-7,12H,8-11H2,1H3/b15-12+. The third kappa shape index (κ3) is 3.72. The van der Waals surface area contributed by atoms with E-state index < -0.39 is 0 Å². The Morgan fingerprint density at radius 3 is 2.52 bits per heavy atom. The topological polar surface area (TPSA) is 60.5 Å². The monoisotopic (exact) mass is 339 g/mol. The van der Waals surface area contributed by atoms with E-state index in [0.29, 0.717) is 37.6 Å². The van der Waals surface area contributed by atoms with Gasteiger partial charge in [-0.1, -0.05) is 12.1 Å². The number of nitrogens with zero attached hydrogens (tertiary/aromatic N) is 3. The Kier molecular flexibility index (Phi) is 4.85. The van der Waals surface area contributed by atoms with Crippen molar-refractivity contribution in [3.8, 4) is 6.07 Å². The maximum atomic E-state index is 13.9. The van der Waals surface area contributed by atoms with Gasteiger partial charge < -0.3 is 14.2 Å². The van der Waals surface area contributed by atoms with Gasteiger partial charge in [0, 0.05) is 32.3 Å². The van der Waals surface area contributed by atoms with Crippen molar-refractivity contribution in [3.05, 3.63) is 59.3 Å². The Hall–Kier alpha value is -3.07. The van der Waals surface area contributed by atoms with E-state index in [1.165, 1.54) is 12.1 Å². The van der Waals surface area contributed by atoms with Gasteiger partial charge in [0.15, 0.2) is 0 Å². The van der Waals surface area contributed by atoms with Crippen molar-refractivity contribution in [1.29, 1.82) is 5.26 Å². The van der Waals surface area contributed by atoms with Crippen LogP contribution < -0.4 is 4.90 Å². The SMILES string of the molecule is Cc1ccc(/C=C(\C#N)C(=O)N2CCN(c3ccccc3F)CC2)o1. The summed E-state index contributed by atoms with van der Waals surface area (Å²) >= 11 is 0. The summed E-state index contributed by atoms with van der Waals surface area (Å²) in [5, 5.41) is 9.29. The van der Waals surface area contributed by atoms with Crippen LogP contribution in [-0.2, 0) is 4.79 Å². The fourth-order valence-electron chi connectivity index (χ4n) is 2.84. The number of hydrogen-bond acceptors (Lipinski definition) is 4. The van der Waals surface area contributed by atoms with E-state index in [1.807, 2.05) is 11.0 Å². The van der Waals surface area contributed by atoms with Crippen LogP contribution in [0.15, 0.2) is 46.4 Å². The highest BCUT2D eigenvalue weighted by Crippen LogP contribution is 2.21. The second-order valence-electron chi connectivity index (χ2n) is 5.85. The fraction of sp³-hybridized carbons (Fsp3) is 0.263. The molecule has 1 aliphatic rings. The molecule has 1 saturated heterocycles. The lowest BCUT2D eigenvalue weighted by Crippen LogP contribution is -2.49. The minimum Gasteiger partial charge on any atom is -0.462 e. The molecule has 1 fully saturated rings. The second kappa shape index (κ2) is 7.22. The molecule has 5 nitrogen and oxygen atoms in total. The lowest BCUT2D eigenvalue weighted by molar-refractivity contribution is -0.126. The number of benzene rings is 1. The smallest absolute Gasteiger partial charge is 0.264 e. The number of amides is 1. The molecule has 1 aromatic carbocycles. The highest BCUT2D eigenvalue weighted by molar-refractivity contribution is 6.01. The van der Waals surface area contributed by atoms with Crippen molar-refractivity contribution in [1.82, 2.24) is 4.90 Å². The number of furan rings is 1. The zero-order chi connectivity index (χ0) is 17.8. The summed E-state index contributed by atoms with van der Waals surface area (Å²) in [6, 6.07) is 12.0. The highest BCUT2D eigenvalue weighted by Gasteiger charge is 2.25. The van der Waals surface area contributed by atoms with Crippen LogP contribution in [-0.4, -0.2) is 37.0 Å². The first-order valence-electron chi connectivity index (χ1n) is 8.05. The van der Waals surface area contributed by atoms with Crippen LogP contribution in [0.3, 0.4) is 0 Å². The summed E-state index contributed by atoms with van der Waals surface area (Å²) in [5.74, 6) is 0.597. The molecule has 0 aliphatic carbocycles. The predicted octanol–water partition coefficient (Wildman–Crippen LogP) is 2.98. The molecule has 2 heterocycles. The predicted molar refractivity (Wildman–Crippen MR) is 92.2 cm³/mol. The number of aryl methyl sites for hydroxylation is 1. The Morgan fingerprint density at radius 2 is 1.92 bits per heavy atom. The summed E-state index contributed by atoms with van der Waals surface area (Å²) in [6.45, 7) is 3.70. The van der Waals surface area contributed by atoms with E-state index >= 15 is 0 Å². The van der Waals surface area contributed by atoms with E-state index in [4.69, 9.17) is 4.42 Å². The third-order valence-corrected chi connectivity index (χ3v) is 4.16. The molecule has 0 spiro atoms. The second-order valence-corrected chi connectivity index (χ2v) is 5.85. The molecule has 25 heavy (non-hydrogen) atoms. The number of carbonyl (C=O) groups excluding carboxylic acids is 1. The van der Waals surface area contributed by atoms with Crippen molar-refractivity contribution >= 4 is 17.7 Å². The van der Waals surface area contributed by atoms with Gasteiger partial charge in [0.05, 0.1) is 5.69 Å². The Labute approximate surface area is 145 Å². The van der Waals surface area contributed by atoms with Gasteiger partial charge in [0.2, 0.25) is 0 Å². The van der Waals surface area contributed by atoms with Gasteiger partial charge in [-0.2, -0.15) is 5.26 Å². The molecular formula is C19H18FN3O2. The van der Waals surface area contributed by atoms with Crippen molar-refractivity contribution in [2.24, 2.45) is 0 Å². The lowest BCUT2D eigenvalue weighted by atomic mass is 10.2. The fourth-order valence-corrected chi connectivity index (χ4v) is 2.84. The number of nitriles is 1. The van der Waals surface area contributed by atoms with Gasteiger partial charge in [0.1, 0.15) is 29.0 Å². The summed E-state index contributed by atoms with van der Waals surface area (Å²) in [7, 11) is 0. The quantitative estimate of drug-likeness (QED) is 0.637. The zero-order valence-electron chi connectivity index (χ0n) is 13.9. The van der Waals surface area contributed by atoms with Gasteiger partial charge in [-0.3, -0.25) is 4.79 Å². The average Bonchev–Trinajstić information content (AvgIpc) is 3.05. The molecule has 1 amide bonds. The maximum absolute atomic E-state index is 13.9. The number of piperazine rings is 1. The van der Waals surface area contributed by atoms with Gasteiger partial charge >= 0.3 is 0 Å². The highest BCUT2D eigenvalue weighted by atomic mass is 19.1. The summed E-state index contributed by atoms with van der Waals surface area (Å²) < 4.78 is 19.3. The number of carbonyl (C=O) groups is 1. The normalized spacial score (nSPS) is 15.2. The molecule has 2 aromatic rings. The van der Waals surface area contributed by atoms with Crippen molar-refractivity contribution in [2.45, 2.75) is 6.92 Å². The number of hydrogen-bond donors (Lipinski definition) is 0. The number of anilines is 1. The van der Waals surface area contributed by atoms with Crippen LogP contribution in [0.4, 0.5) is 10.1 Å². The first-order chi connectivity index (χ1) is 12.1. The Bertz CT molecular complexity index is 842. The van der Waals surface area contributed by atoms with Crippen LogP contribution in [0.2, 0.25) is 0 Å².